The molecule has 1 N–H and O–H groups in total. The largest absolute Gasteiger partial charge is 0.371 e. The molecular weight excluding hydrogens is 416 g/mol. The van der Waals surface area contributed by atoms with E-state index in [0.29, 0.717) is 17.8 Å². The van der Waals surface area contributed by atoms with E-state index < -0.39 is 0 Å². The Balaban J connectivity index is 1.36. The average molecular weight is 445 g/mol. The third kappa shape index (κ3) is 4.33. The normalized spacial score (nSPS) is 14.4. The van der Waals surface area contributed by atoms with Gasteiger partial charge in [-0.3, -0.25) is 9.69 Å². The maximum absolute atomic E-state index is 12.9. The van der Waals surface area contributed by atoms with E-state index in [4.69, 9.17) is 4.98 Å². The van der Waals surface area contributed by atoms with Gasteiger partial charge in [0.1, 0.15) is 10.7 Å². The first-order valence-electron chi connectivity index (χ1n) is 11.3. The fourth-order valence-corrected chi connectivity index (χ4v) is 5.56. The molecule has 5 nitrogen and oxygen atoms in total. The van der Waals surface area contributed by atoms with Crippen molar-refractivity contribution in [3.63, 3.8) is 0 Å². The summed E-state index contributed by atoms with van der Waals surface area (Å²) in [5.74, 6) is 0.710. The van der Waals surface area contributed by atoms with E-state index in [1.54, 1.807) is 0 Å². The van der Waals surface area contributed by atoms with E-state index >= 15 is 0 Å². The molecule has 0 unspecified atom stereocenters. The molecule has 32 heavy (non-hydrogen) atoms. The third-order valence-electron chi connectivity index (χ3n) is 6.13. The molecule has 1 aliphatic heterocycles. The Morgan fingerprint density at radius 2 is 1.75 bits per heavy atom. The van der Waals surface area contributed by atoms with Crippen LogP contribution in [0.3, 0.4) is 0 Å². The summed E-state index contributed by atoms with van der Waals surface area (Å²) < 4.78 is 0. The van der Waals surface area contributed by atoms with Crippen LogP contribution < -0.4 is 10.5 Å². The summed E-state index contributed by atoms with van der Waals surface area (Å²) in [6, 6.07) is 18.7. The smallest absolute Gasteiger partial charge is 0.260 e. The Hall–Kier alpha value is -2.96. The Labute approximate surface area is 192 Å². The van der Waals surface area contributed by atoms with Crippen LogP contribution in [0, 0.1) is 0 Å². The summed E-state index contributed by atoms with van der Waals surface area (Å²) >= 11 is 1.53. The molecule has 1 aliphatic rings. The van der Waals surface area contributed by atoms with Gasteiger partial charge >= 0.3 is 0 Å². The van der Waals surface area contributed by atoms with Crippen LogP contribution in [-0.2, 0) is 13.1 Å². The second-order valence-corrected chi connectivity index (χ2v) is 9.41. The van der Waals surface area contributed by atoms with Gasteiger partial charge < -0.3 is 9.88 Å². The number of H-pyrrole nitrogens is 1. The molecule has 0 amide bonds. The Kier molecular flexibility index (Phi) is 6.06. The summed E-state index contributed by atoms with van der Waals surface area (Å²) in [7, 11) is 2.08. The lowest BCUT2D eigenvalue weighted by Gasteiger charge is -2.31. The number of rotatable bonds is 6. The summed E-state index contributed by atoms with van der Waals surface area (Å²) in [5.41, 5.74) is 4.59. The van der Waals surface area contributed by atoms with Crippen molar-refractivity contribution >= 4 is 27.2 Å². The van der Waals surface area contributed by atoms with E-state index in [1.165, 1.54) is 41.9 Å². The Morgan fingerprint density at radius 3 is 2.56 bits per heavy atom. The van der Waals surface area contributed by atoms with Crippen LogP contribution in [0.1, 0.15) is 30.7 Å². The summed E-state index contributed by atoms with van der Waals surface area (Å²) in [6.45, 7) is 3.68. The molecule has 0 aliphatic carbocycles. The molecule has 6 heteroatoms. The number of hydrogen-bond donors (Lipinski definition) is 1. The highest BCUT2D eigenvalue weighted by Crippen LogP contribution is 2.30. The van der Waals surface area contributed by atoms with Crippen molar-refractivity contribution in [2.24, 2.45) is 0 Å². The van der Waals surface area contributed by atoms with Crippen molar-refractivity contribution in [1.82, 2.24) is 14.9 Å². The second-order valence-electron chi connectivity index (χ2n) is 8.56. The SMILES string of the molecule is CN(Cc1nc2scc(-c3ccccc3)c2c(=O)[nH]1)Cc1ccccc1N1CCCCC1. The van der Waals surface area contributed by atoms with Gasteiger partial charge in [0.2, 0.25) is 0 Å². The molecule has 0 saturated carbocycles. The zero-order valence-corrected chi connectivity index (χ0v) is 19.2. The monoisotopic (exact) mass is 444 g/mol. The first-order chi connectivity index (χ1) is 15.7. The topological polar surface area (TPSA) is 52.2 Å². The maximum atomic E-state index is 12.9. The van der Waals surface area contributed by atoms with Crippen LogP contribution in [0.4, 0.5) is 5.69 Å². The molecule has 0 bridgehead atoms. The van der Waals surface area contributed by atoms with Gasteiger partial charge in [0.15, 0.2) is 0 Å². The second kappa shape index (κ2) is 9.27. The number of benzene rings is 2. The zero-order valence-electron chi connectivity index (χ0n) is 18.4. The van der Waals surface area contributed by atoms with Crippen LogP contribution >= 0.6 is 11.3 Å². The maximum Gasteiger partial charge on any atom is 0.260 e. The van der Waals surface area contributed by atoms with E-state index in [0.717, 1.165) is 35.6 Å². The van der Waals surface area contributed by atoms with Crippen LogP contribution in [0.2, 0.25) is 0 Å². The van der Waals surface area contributed by atoms with Crippen molar-refractivity contribution in [3.05, 3.63) is 81.7 Å². The van der Waals surface area contributed by atoms with Gasteiger partial charge in [-0.15, -0.1) is 11.3 Å². The van der Waals surface area contributed by atoms with Crippen molar-refractivity contribution < 1.29 is 0 Å². The van der Waals surface area contributed by atoms with Gasteiger partial charge in [-0.1, -0.05) is 48.5 Å². The third-order valence-corrected chi connectivity index (χ3v) is 7.00. The van der Waals surface area contributed by atoms with Crippen molar-refractivity contribution in [3.8, 4) is 11.1 Å². The quantitative estimate of drug-likeness (QED) is 0.440. The van der Waals surface area contributed by atoms with Gasteiger partial charge in [0, 0.05) is 36.3 Å². The number of nitrogens with zero attached hydrogens (tertiary/aromatic N) is 3. The summed E-state index contributed by atoms with van der Waals surface area (Å²) in [4.78, 5) is 26.3. The predicted octanol–water partition coefficient (Wildman–Crippen LogP) is 5.27. The van der Waals surface area contributed by atoms with Crippen molar-refractivity contribution in [2.45, 2.75) is 32.4 Å². The van der Waals surface area contributed by atoms with Gasteiger partial charge in [0.05, 0.1) is 11.9 Å². The van der Waals surface area contributed by atoms with Crippen LogP contribution in [0.25, 0.3) is 21.3 Å². The van der Waals surface area contributed by atoms with Gasteiger partial charge in [0.25, 0.3) is 5.56 Å². The van der Waals surface area contributed by atoms with E-state index in [2.05, 4.69) is 46.1 Å². The molecule has 2 aromatic carbocycles. The molecule has 2 aromatic heterocycles. The van der Waals surface area contributed by atoms with Gasteiger partial charge in [-0.25, -0.2) is 4.98 Å². The van der Waals surface area contributed by atoms with E-state index in [-0.39, 0.29) is 5.56 Å². The number of nitrogens with one attached hydrogen (secondary N) is 1. The highest BCUT2D eigenvalue weighted by Gasteiger charge is 2.17. The molecule has 0 spiro atoms. The highest BCUT2D eigenvalue weighted by molar-refractivity contribution is 7.17. The number of fused-ring (bicyclic) bond motifs is 1. The number of para-hydroxylation sites is 1. The predicted molar refractivity (Wildman–Crippen MR) is 133 cm³/mol. The number of aromatic nitrogens is 2. The lowest BCUT2D eigenvalue weighted by atomic mass is 10.1. The fraction of sp³-hybridized carbons (Fsp3) is 0.308. The van der Waals surface area contributed by atoms with Crippen LogP contribution in [-0.4, -0.2) is 35.0 Å². The highest BCUT2D eigenvalue weighted by atomic mass is 32.1. The molecule has 164 valence electrons. The van der Waals surface area contributed by atoms with Crippen LogP contribution in [0.5, 0.6) is 0 Å². The van der Waals surface area contributed by atoms with Crippen molar-refractivity contribution in [2.75, 3.05) is 25.0 Å². The Bertz CT molecular complexity index is 1260. The Morgan fingerprint density at radius 1 is 1.00 bits per heavy atom. The summed E-state index contributed by atoms with van der Waals surface area (Å²) in [5, 5.41) is 2.72. The first-order valence-corrected chi connectivity index (χ1v) is 12.1. The average Bonchev–Trinajstić information content (AvgIpc) is 3.25. The van der Waals surface area contributed by atoms with Crippen LogP contribution in [0.15, 0.2) is 64.8 Å². The number of hydrogen-bond acceptors (Lipinski definition) is 5. The van der Waals surface area contributed by atoms with E-state index in [1.807, 2.05) is 35.7 Å². The molecule has 0 atom stereocenters. The van der Waals surface area contributed by atoms with E-state index in [9.17, 15) is 4.79 Å². The molecule has 0 radical (unpaired) electrons. The lowest BCUT2D eigenvalue weighted by Crippen LogP contribution is -2.31. The van der Waals surface area contributed by atoms with Gasteiger partial charge in [-0.2, -0.15) is 0 Å². The fourth-order valence-electron chi connectivity index (χ4n) is 4.59. The molecule has 1 saturated heterocycles. The summed E-state index contributed by atoms with van der Waals surface area (Å²) in [6.07, 6.45) is 3.86. The minimum absolute atomic E-state index is 0.0628. The molecule has 1 fully saturated rings. The number of thiophene rings is 1. The zero-order chi connectivity index (χ0) is 21.9. The standard InChI is InChI=1S/C26H28N4OS/c1-29(16-20-12-6-7-13-22(20)30-14-8-3-9-15-30)17-23-27-25(31)24-21(18-32-26(24)28-23)19-10-4-2-5-11-19/h2,4-7,10-13,18H,3,8-9,14-17H2,1H3,(H,27,28,31). The van der Waals surface area contributed by atoms with Gasteiger partial charge in [-0.05, 0) is 43.5 Å². The minimum Gasteiger partial charge on any atom is -0.371 e. The number of piperidine rings is 1. The molecule has 5 rings (SSSR count). The molecule has 3 heterocycles. The first kappa shape index (κ1) is 20.9. The number of anilines is 1. The number of aromatic amines is 1. The molecule has 4 aromatic rings. The van der Waals surface area contributed by atoms with Crippen molar-refractivity contribution in [1.29, 1.82) is 0 Å². The minimum atomic E-state index is -0.0628. The molecular formula is C26H28N4OS. The lowest BCUT2D eigenvalue weighted by molar-refractivity contribution is 0.310.